The molecular weight excluding hydrogens is 296 g/mol. The summed E-state index contributed by atoms with van der Waals surface area (Å²) in [6.45, 7) is 2.63. The van der Waals surface area contributed by atoms with Crippen molar-refractivity contribution in [3.63, 3.8) is 0 Å². The van der Waals surface area contributed by atoms with Gasteiger partial charge >= 0.3 is 0 Å². The lowest BCUT2D eigenvalue weighted by molar-refractivity contribution is 0.226. The zero-order valence-electron chi connectivity index (χ0n) is 12.1. The van der Waals surface area contributed by atoms with Gasteiger partial charge in [0.25, 0.3) is 0 Å². The second-order valence-electron chi connectivity index (χ2n) is 5.75. The van der Waals surface area contributed by atoms with E-state index in [0.29, 0.717) is 23.9 Å². The van der Waals surface area contributed by atoms with Crippen molar-refractivity contribution in [3.05, 3.63) is 29.6 Å². The number of hydrogen-bond acceptors (Lipinski definition) is 2. The van der Waals surface area contributed by atoms with Gasteiger partial charge in [0.2, 0.25) is 0 Å². The summed E-state index contributed by atoms with van der Waals surface area (Å²) in [5.74, 6) is -0.951. The third-order valence-electron chi connectivity index (χ3n) is 4.26. The van der Waals surface area contributed by atoms with Crippen LogP contribution >= 0.6 is 11.6 Å². The van der Waals surface area contributed by atoms with Crippen LogP contribution < -0.4 is 0 Å². The molecule has 0 aliphatic heterocycles. The Kier molecular flexibility index (Phi) is 3.88. The summed E-state index contributed by atoms with van der Waals surface area (Å²) in [5.41, 5.74) is 0.660. The van der Waals surface area contributed by atoms with Gasteiger partial charge in [0, 0.05) is 18.6 Å². The van der Waals surface area contributed by atoms with E-state index >= 15 is 0 Å². The third-order valence-corrected chi connectivity index (χ3v) is 4.50. The molecule has 1 aliphatic rings. The average molecular weight is 314 g/mol. The third kappa shape index (κ3) is 2.64. The molecule has 1 fully saturated rings. The van der Waals surface area contributed by atoms with Crippen molar-refractivity contribution in [2.75, 3.05) is 7.05 Å². The molecule has 3 nitrogen and oxygen atoms in total. The molecule has 0 amide bonds. The van der Waals surface area contributed by atoms with Crippen LogP contribution in [0.3, 0.4) is 0 Å². The van der Waals surface area contributed by atoms with Gasteiger partial charge in [-0.2, -0.15) is 0 Å². The predicted octanol–water partition coefficient (Wildman–Crippen LogP) is 3.54. The van der Waals surface area contributed by atoms with Crippen LogP contribution in [0.4, 0.5) is 8.78 Å². The Hall–Kier alpha value is -1.20. The van der Waals surface area contributed by atoms with Crippen molar-refractivity contribution in [2.24, 2.45) is 0 Å². The highest BCUT2D eigenvalue weighted by Crippen LogP contribution is 2.29. The quantitative estimate of drug-likeness (QED) is 0.787. The first-order valence-corrected chi connectivity index (χ1v) is 7.67. The lowest BCUT2D eigenvalue weighted by atomic mass is 10.2. The van der Waals surface area contributed by atoms with Gasteiger partial charge in [-0.1, -0.05) is 0 Å². The van der Waals surface area contributed by atoms with E-state index in [-0.39, 0.29) is 17.4 Å². The lowest BCUT2D eigenvalue weighted by Gasteiger charge is -2.25. The number of alkyl halides is 1. The first kappa shape index (κ1) is 14.7. The van der Waals surface area contributed by atoms with Gasteiger partial charge in [-0.3, -0.25) is 4.90 Å². The highest BCUT2D eigenvalue weighted by Gasteiger charge is 2.30. The molecule has 1 aliphatic carbocycles. The first-order valence-electron chi connectivity index (χ1n) is 7.14. The monoisotopic (exact) mass is 313 g/mol. The molecule has 21 heavy (non-hydrogen) atoms. The molecule has 0 spiro atoms. The van der Waals surface area contributed by atoms with E-state index < -0.39 is 11.6 Å². The molecule has 1 saturated carbocycles. The topological polar surface area (TPSA) is 21.1 Å². The molecule has 0 N–H and O–H groups in total. The van der Waals surface area contributed by atoms with Crippen molar-refractivity contribution >= 4 is 22.6 Å². The maximum atomic E-state index is 14.1. The highest BCUT2D eigenvalue weighted by atomic mass is 35.5. The molecule has 0 bridgehead atoms. The summed E-state index contributed by atoms with van der Waals surface area (Å²) in [7, 11) is 2.07. The van der Waals surface area contributed by atoms with Crippen molar-refractivity contribution < 1.29 is 8.78 Å². The molecule has 1 aromatic carbocycles. The summed E-state index contributed by atoms with van der Waals surface area (Å²) in [4.78, 5) is 6.59. The summed E-state index contributed by atoms with van der Waals surface area (Å²) < 4.78 is 29.4. The average Bonchev–Trinajstić information content (AvgIpc) is 3.25. The van der Waals surface area contributed by atoms with Crippen LogP contribution in [0.15, 0.2) is 12.1 Å². The van der Waals surface area contributed by atoms with E-state index in [1.54, 1.807) is 4.57 Å². The van der Waals surface area contributed by atoms with Gasteiger partial charge in [0.15, 0.2) is 11.6 Å². The number of hydrogen-bond donors (Lipinski definition) is 0. The molecule has 2 aromatic rings. The zero-order chi connectivity index (χ0) is 15.1. The molecule has 1 atom stereocenters. The van der Waals surface area contributed by atoms with E-state index in [4.69, 9.17) is 11.6 Å². The maximum absolute atomic E-state index is 14.1. The first-order chi connectivity index (χ1) is 10.0. The van der Waals surface area contributed by atoms with E-state index in [2.05, 4.69) is 23.9 Å². The Balaban J connectivity index is 2.00. The smallest absolute Gasteiger partial charge is 0.184 e. The van der Waals surface area contributed by atoms with Crippen molar-refractivity contribution in [2.45, 2.75) is 44.3 Å². The Morgan fingerprint density at radius 1 is 1.43 bits per heavy atom. The molecular formula is C15H18ClF2N3. The summed E-state index contributed by atoms with van der Waals surface area (Å²) in [6, 6.07) is 3.41. The largest absolute Gasteiger partial charge is 0.323 e. The van der Waals surface area contributed by atoms with Crippen LogP contribution in [0.5, 0.6) is 0 Å². The highest BCUT2D eigenvalue weighted by molar-refractivity contribution is 6.16. The summed E-state index contributed by atoms with van der Waals surface area (Å²) in [6.07, 6.45) is 2.41. The molecule has 114 valence electrons. The Morgan fingerprint density at radius 2 is 2.14 bits per heavy atom. The molecule has 1 aromatic heterocycles. The van der Waals surface area contributed by atoms with Gasteiger partial charge < -0.3 is 4.57 Å². The number of rotatable bonds is 5. The minimum atomic E-state index is -0.854. The summed E-state index contributed by atoms with van der Waals surface area (Å²) in [5, 5.41) is 0. The molecule has 1 unspecified atom stereocenters. The van der Waals surface area contributed by atoms with Crippen LogP contribution in [0.1, 0.15) is 25.6 Å². The number of fused-ring (bicyclic) bond motifs is 1. The fraction of sp³-hybridized carbons (Fsp3) is 0.533. The second kappa shape index (κ2) is 5.54. The minimum Gasteiger partial charge on any atom is -0.323 e. The minimum absolute atomic E-state index is 0.176. The van der Waals surface area contributed by atoms with E-state index in [1.807, 2.05) is 0 Å². The number of aromatic nitrogens is 2. The fourth-order valence-corrected chi connectivity index (χ4v) is 2.94. The standard InChI is InChI=1S/C15H18ClF2N3/c1-9(20(2)10-3-4-10)8-21-13(7-16)19-12-6-5-11(17)14(18)15(12)21/h5-6,9-10H,3-4,7-8H2,1-2H3. The SMILES string of the molecule is CC(Cn1c(CCl)nc2ccc(F)c(F)c21)N(C)C1CC1. The van der Waals surface area contributed by atoms with Crippen LogP contribution in [-0.4, -0.2) is 33.6 Å². The van der Waals surface area contributed by atoms with Gasteiger partial charge in [0.05, 0.1) is 11.4 Å². The molecule has 0 radical (unpaired) electrons. The number of benzene rings is 1. The maximum Gasteiger partial charge on any atom is 0.184 e. The fourth-order valence-electron chi connectivity index (χ4n) is 2.74. The zero-order valence-corrected chi connectivity index (χ0v) is 12.9. The molecule has 0 saturated heterocycles. The molecule has 3 rings (SSSR count). The summed E-state index contributed by atoms with van der Waals surface area (Å²) >= 11 is 5.92. The number of likely N-dealkylation sites (N-methyl/N-ethyl adjacent to an activating group) is 1. The van der Waals surface area contributed by atoms with Crippen molar-refractivity contribution in [3.8, 4) is 0 Å². The van der Waals surface area contributed by atoms with Crippen LogP contribution in [-0.2, 0) is 12.4 Å². The number of halogens is 3. The normalized spacial score (nSPS) is 16.9. The Labute approximate surface area is 127 Å². The van der Waals surface area contributed by atoms with Crippen LogP contribution in [0, 0.1) is 11.6 Å². The van der Waals surface area contributed by atoms with Crippen molar-refractivity contribution in [1.29, 1.82) is 0 Å². The van der Waals surface area contributed by atoms with Gasteiger partial charge in [-0.25, -0.2) is 13.8 Å². The van der Waals surface area contributed by atoms with Crippen molar-refractivity contribution in [1.82, 2.24) is 14.5 Å². The molecule has 6 heteroatoms. The molecule has 1 heterocycles. The number of imidazole rings is 1. The van der Waals surface area contributed by atoms with Gasteiger partial charge in [-0.05, 0) is 38.9 Å². The van der Waals surface area contributed by atoms with Crippen LogP contribution in [0.2, 0.25) is 0 Å². The van der Waals surface area contributed by atoms with Gasteiger partial charge in [-0.15, -0.1) is 11.6 Å². The van der Waals surface area contributed by atoms with Crippen LogP contribution in [0.25, 0.3) is 11.0 Å². The van der Waals surface area contributed by atoms with E-state index in [0.717, 1.165) is 6.07 Å². The Bertz CT molecular complexity index is 666. The predicted molar refractivity (Wildman–Crippen MR) is 79.5 cm³/mol. The van der Waals surface area contributed by atoms with E-state index in [1.165, 1.54) is 18.9 Å². The Morgan fingerprint density at radius 3 is 2.76 bits per heavy atom. The second-order valence-corrected chi connectivity index (χ2v) is 6.01. The van der Waals surface area contributed by atoms with Gasteiger partial charge in [0.1, 0.15) is 11.3 Å². The number of nitrogens with zero attached hydrogens (tertiary/aromatic N) is 3. The lowest BCUT2D eigenvalue weighted by Crippen LogP contribution is -2.34. The van der Waals surface area contributed by atoms with E-state index in [9.17, 15) is 8.78 Å².